The van der Waals surface area contributed by atoms with Crippen molar-refractivity contribution >= 4 is 11.9 Å². The number of nitrogens with one attached hydrogen (secondary N) is 1. The Morgan fingerprint density at radius 1 is 1.15 bits per heavy atom. The standard InChI is InChI=1S/C18H25N5O3/c1-13(2)16(18(26)19-12-8-4-7-11-15(24)25)23-21-17(20-22-23)14-9-5-3-6-10-14/h3,5-6,9-10,13,16H,4,7-8,11-12H2,1-2H3,(H,19,26)(H,24,25). The highest BCUT2D eigenvalue weighted by molar-refractivity contribution is 5.80. The van der Waals surface area contributed by atoms with Crippen LogP contribution >= 0.6 is 0 Å². The highest BCUT2D eigenvalue weighted by Gasteiger charge is 2.26. The van der Waals surface area contributed by atoms with Gasteiger partial charge in [0, 0.05) is 18.5 Å². The first-order valence-electron chi connectivity index (χ1n) is 8.83. The first-order valence-corrected chi connectivity index (χ1v) is 8.83. The Morgan fingerprint density at radius 3 is 2.54 bits per heavy atom. The number of tetrazole rings is 1. The summed E-state index contributed by atoms with van der Waals surface area (Å²) in [6, 6.07) is 8.94. The largest absolute Gasteiger partial charge is 0.481 e. The first kappa shape index (κ1) is 19.6. The van der Waals surface area contributed by atoms with Crippen LogP contribution in [0.1, 0.15) is 45.6 Å². The minimum atomic E-state index is -0.791. The van der Waals surface area contributed by atoms with Crippen LogP contribution in [0.25, 0.3) is 11.4 Å². The van der Waals surface area contributed by atoms with Gasteiger partial charge in [-0.3, -0.25) is 9.59 Å². The van der Waals surface area contributed by atoms with Gasteiger partial charge in [-0.25, -0.2) is 0 Å². The van der Waals surface area contributed by atoms with Gasteiger partial charge in [0.05, 0.1) is 0 Å². The van der Waals surface area contributed by atoms with E-state index in [4.69, 9.17) is 5.11 Å². The van der Waals surface area contributed by atoms with E-state index < -0.39 is 12.0 Å². The normalized spacial score (nSPS) is 12.1. The molecule has 2 rings (SSSR count). The Morgan fingerprint density at radius 2 is 1.88 bits per heavy atom. The molecule has 140 valence electrons. The molecule has 0 spiro atoms. The highest BCUT2D eigenvalue weighted by atomic mass is 16.4. The van der Waals surface area contributed by atoms with E-state index in [1.54, 1.807) is 0 Å². The molecule has 2 N–H and O–H groups in total. The first-order chi connectivity index (χ1) is 12.5. The fraction of sp³-hybridized carbons (Fsp3) is 0.500. The number of aliphatic carboxylic acids is 1. The molecule has 0 aliphatic rings. The van der Waals surface area contributed by atoms with Crippen molar-refractivity contribution < 1.29 is 14.7 Å². The zero-order chi connectivity index (χ0) is 18.9. The van der Waals surface area contributed by atoms with E-state index in [-0.39, 0.29) is 18.2 Å². The minimum absolute atomic E-state index is 0.000154. The monoisotopic (exact) mass is 359 g/mol. The number of carboxylic acids is 1. The summed E-state index contributed by atoms with van der Waals surface area (Å²) in [6.07, 6.45) is 2.28. The molecule has 1 atom stereocenters. The van der Waals surface area contributed by atoms with Crippen molar-refractivity contribution in [3.63, 3.8) is 0 Å². The predicted molar refractivity (Wildman–Crippen MR) is 96.2 cm³/mol. The molecule has 2 aromatic rings. The average Bonchev–Trinajstić information content (AvgIpc) is 3.08. The van der Waals surface area contributed by atoms with Crippen molar-refractivity contribution in [2.45, 2.75) is 45.6 Å². The molecular weight excluding hydrogens is 334 g/mol. The topological polar surface area (TPSA) is 110 Å². The van der Waals surface area contributed by atoms with Gasteiger partial charge in [0.15, 0.2) is 6.04 Å². The number of aromatic nitrogens is 4. The number of nitrogens with zero attached hydrogens (tertiary/aromatic N) is 4. The van der Waals surface area contributed by atoms with Crippen LogP contribution < -0.4 is 5.32 Å². The molecular formula is C18H25N5O3. The Labute approximate surface area is 152 Å². The third-order valence-corrected chi connectivity index (χ3v) is 3.98. The zero-order valence-electron chi connectivity index (χ0n) is 15.1. The number of rotatable bonds is 10. The van der Waals surface area contributed by atoms with Crippen molar-refractivity contribution in [3.05, 3.63) is 30.3 Å². The molecule has 0 saturated heterocycles. The van der Waals surface area contributed by atoms with Crippen LogP contribution in [0.15, 0.2) is 30.3 Å². The lowest BCUT2D eigenvalue weighted by atomic mass is 10.0. The number of hydrogen-bond acceptors (Lipinski definition) is 5. The van der Waals surface area contributed by atoms with Crippen molar-refractivity contribution in [1.82, 2.24) is 25.5 Å². The average molecular weight is 359 g/mol. The fourth-order valence-corrected chi connectivity index (χ4v) is 2.61. The second-order valence-electron chi connectivity index (χ2n) is 6.48. The highest BCUT2D eigenvalue weighted by Crippen LogP contribution is 2.18. The van der Waals surface area contributed by atoms with Gasteiger partial charge < -0.3 is 10.4 Å². The van der Waals surface area contributed by atoms with Crippen molar-refractivity contribution in [2.24, 2.45) is 5.92 Å². The molecule has 8 nitrogen and oxygen atoms in total. The quantitative estimate of drug-likeness (QED) is 0.630. The molecule has 0 aliphatic carbocycles. The van der Waals surface area contributed by atoms with Crippen LogP contribution in [0, 0.1) is 5.92 Å². The maximum absolute atomic E-state index is 12.5. The Bertz CT molecular complexity index is 715. The van der Waals surface area contributed by atoms with Crippen LogP contribution in [0.5, 0.6) is 0 Å². The number of unbranched alkanes of at least 4 members (excludes halogenated alkanes) is 2. The third kappa shape index (κ3) is 5.65. The maximum Gasteiger partial charge on any atom is 0.303 e. The summed E-state index contributed by atoms with van der Waals surface area (Å²) in [5, 5.41) is 24.0. The Balaban J connectivity index is 1.93. The fourth-order valence-electron chi connectivity index (χ4n) is 2.61. The van der Waals surface area contributed by atoms with Gasteiger partial charge in [0.1, 0.15) is 0 Å². The zero-order valence-corrected chi connectivity index (χ0v) is 15.1. The van der Waals surface area contributed by atoms with Gasteiger partial charge in [0.2, 0.25) is 11.7 Å². The Hall–Kier alpha value is -2.77. The Kier molecular flexibility index (Phi) is 7.25. The summed E-state index contributed by atoms with van der Waals surface area (Å²) in [6.45, 7) is 4.37. The number of carboxylic acid groups (broad SMARTS) is 1. The van der Waals surface area contributed by atoms with Crippen LogP contribution in [-0.4, -0.2) is 43.7 Å². The van der Waals surface area contributed by atoms with Crippen LogP contribution in [0.3, 0.4) is 0 Å². The van der Waals surface area contributed by atoms with Crippen molar-refractivity contribution in [2.75, 3.05) is 6.54 Å². The van der Waals surface area contributed by atoms with E-state index in [1.807, 2.05) is 44.2 Å². The summed E-state index contributed by atoms with van der Waals surface area (Å²) in [5.74, 6) is -0.465. The molecule has 8 heteroatoms. The molecule has 0 bridgehead atoms. The molecule has 1 aromatic carbocycles. The molecule has 0 fully saturated rings. The van der Waals surface area contributed by atoms with Gasteiger partial charge >= 0.3 is 5.97 Å². The SMILES string of the molecule is CC(C)C(C(=O)NCCCCCC(=O)O)n1nnc(-c2ccccc2)n1. The summed E-state index contributed by atoms with van der Waals surface area (Å²) in [5.41, 5.74) is 0.847. The lowest BCUT2D eigenvalue weighted by molar-refractivity contribution is -0.137. The minimum Gasteiger partial charge on any atom is -0.481 e. The molecule has 0 aliphatic heterocycles. The van der Waals surface area contributed by atoms with E-state index in [0.717, 1.165) is 18.4 Å². The summed E-state index contributed by atoms with van der Waals surface area (Å²) >= 11 is 0. The molecule has 1 heterocycles. The molecule has 1 aromatic heterocycles. The van der Waals surface area contributed by atoms with Crippen LogP contribution in [0.2, 0.25) is 0 Å². The molecule has 1 amide bonds. The van der Waals surface area contributed by atoms with E-state index in [2.05, 4.69) is 20.7 Å². The summed E-state index contributed by atoms with van der Waals surface area (Å²) in [4.78, 5) is 24.4. The second kappa shape index (κ2) is 9.65. The second-order valence-corrected chi connectivity index (χ2v) is 6.48. The molecule has 0 radical (unpaired) electrons. The number of benzene rings is 1. The van der Waals surface area contributed by atoms with Crippen molar-refractivity contribution in [1.29, 1.82) is 0 Å². The lowest BCUT2D eigenvalue weighted by Crippen LogP contribution is -2.37. The summed E-state index contributed by atoms with van der Waals surface area (Å²) in [7, 11) is 0. The molecule has 0 saturated carbocycles. The smallest absolute Gasteiger partial charge is 0.303 e. The van der Waals surface area contributed by atoms with E-state index in [1.165, 1.54) is 4.80 Å². The van der Waals surface area contributed by atoms with Crippen molar-refractivity contribution in [3.8, 4) is 11.4 Å². The molecule has 26 heavy (non-hydrogen) atoms. The maximum atomic E-state index is 12.5. The van der Waals surface area contributed by atoms with E-state index in [9.17, 15) is 9.59 Å². The number of amides is 1. The third-order valence-electron chi connectivity index (χ3n) is 3.98. The van der Waals surface area contributed by atoms with Gasteiger partial charge in [-0.1, -0.05) is 50.6 Å². The van der Waals surface area contributed by atoms with Gasteiger partial charge in [-0.15, -0.1) is 10.2 Å². The van der Waals surface area contributed by atoms with Gasteiger partial charge in [0.25, 0.3) is 0 Å². The van der Waals surface area contributed by atoms with E-state index in [0.29, 0.717) is 18.8 Å². The van der Waals surface area contributed by atoms with Crippen LogP contribution in [-0.2, 0) is 9.59 Å². The lowest BCUT2D eigenvalue weighted by Gasteiger charge is -2.18. The van der Waals surface area contributed by atoms with Gasteiger partial charge in [-0.2, -0.15) is 4.80 Å². The van der Waals surface area contributed by atoms with Gasteiger partial charge in [-0.05, 0) is 24.0 Å². The number of carbonyl (C=O) groups is 2. The van der Waals surface area contributed by atoms with E-state index >= 15 is 0 Å². The summed E-state index contributed by atoms with van der Waals surface area (Å²) < 4.78 is 0. The number of hydrogen-bond donors (Lipinski definition) is 2. The predicted octanol–water partition coefficient (Wildman–Crippen LogP) is 2.30. The molecule has 1 unspecified atom stereocenters. The number of carbonyl (C=O) groups excluding carboxylic acids is 1. The van der Waals surface area contributed by atoms with Crippen LogP contribution in [0.4, 0.5) is 0 Å².